The molecule has 10 atom stereocenters. The summed E-state index contributed by atoms with van der Waals surface area (Å²) in [5.41, 5.74) is 0. The molecule has 0 aromatic rings. The fourth-order valence-electron chi connectivity index (χ4n) is 4.42. The lowest BCUT2D eigenvalue weighted by atomic mass is 9.83. The molecule has 0 aromatic heterocycles. The van der Waals surface area contributed by atoms with Gasteiger partial charge in [-0.05, 0) is 5.92 Å². The maximum atomic E-state index is 11.9. The zero-order valence-electron chi connectivity index (χ0n) is 18.7. The zero-order valence-corrected chi connectivity index (χ0v) is 18.7. The van der Waals surface area contributed by atoms with Gasteiger partial charge in [0.1, 0.15) is 36.6 Å². The normalized spacial score (nSPS) is 40.3. The largest absolute Gasteiger partial charge is 0.479 e. The van der Waals surface area contributed by atoms with Crippen LogP contribution in [0.2, 0.25) is 0 Å². The maximum Gasteiger partial charge on any atom is 0.335 e. The Labute approximate surface area is 186 Å². The second-order valence-electron chi connectivity index (χ2n) is 8.16. The first-order chi connectivity index (χ1) is 15.1. The Morgan fingerprint density at radius 1 is 1.03 bits per heavy atom. The van der Waals surface area contributed by atoms with Gasteiger partial charge in [-0.3, -0.25) is 4.79 Å². The molecule has 32 heavy (non-hydrogen) atoms. The smallest absolute Gasteiger partial charge is 0.335 e. The molecule has 2 aliphatic rings. The number of carboxylic acids is 1. The highest BCUT2D eigenvalue weighted by molar-refractivity contribution is 5.74. The summed E-state index contributed by atoms with van der Waals surface area (Å²) in [7, 11) is 1.17. The number of ether oxygens (including phenoxy) is 4. The Morgan fingerprint density at radius 3 is 2.12 bits per heavy atom. The van der Waals surface area contributed by atoms with Crippen LogP contribution in [0.1, 0.15) is 33.6 Å². The van der Waals surface area contributed by atoms with Crippen molar-refractivity contribution < 1.29 is 54.1 Å². The van der Waals surface area contributed by atoms with Crippen molar-refractivity contribution in [2.24, 2.45) is 5.92 Å². The highest BCUT2D eigenvalue weighted by Gasteiger charge is 2.53. The van der Waals surface area contributed by atoms with Gasteiger partial charge in [-0.1, -0.05) is 26.7 Å². The monoisotopic (exact) mass is 465 g/mol. The van der Waals surface area contributed by atoms with E-state index in [1.54, 1.807) is 0 Å². The van der Waals surface area contributed by atoms with Gasteiger partial charge < -0.3 is 49.8 Å². The summed E-state index contributed by atoms with van der Waals surface area (Å²) in [6.07, 6.45) is -11.1. The van der Waals surface area contributed by atoms with Crippen molar-refractivity contribution in [3.05, 3.63) is 0 Å². The molecule has 12 heteroatoms. The molecule has 2 heterocycles. The van der Waals surface area contributed by atoms with Gasteiger partial charge in [0.2, 0.25) is 5.91 Å². The van der Waals surface area contributed by atoms with Gasteiger partial charge in [0, 0.05) is 14.0 Å². The van der Waals surface area contributed by atoms with E-state index in [0.29, 0.717) is 12.8 Å². The molecule has 2 rings (SSSR count). The van der Waals surface area contributed by atoms with Crippen molar-refractivity contribution in [3.63, 3.8) is 0 Å². The van der Waals surface area contributed by atoms with Crippen molar-refractivity contribution in [3.8, 4) is 0 Å². The first kappa shape index (κ1) is 26.9. The summed E-state index contributed by atoms with van der Waals surface area (Å²) < 4.78 is 22.0. The third-order valence-electron chi connectivity index (χ3n) is 6.17. The third-order valence-corrected chi connectivity index (χ3v) is 6.17. The minimum atomic E-state index is -1.71. The predicted molar refractivity (Wildman–Crippen MR) is 107 cm³/mol. The number of aliphatic hydroxyl groups is 4. The van der Waals surface area contributed by atoms with Crippen LogP contribution in [0.25, 0.3) is 0 Å². The van der Waals surface area contributed by atoms with Crippen LogP contribution in [0.3, 0.4) is 0 Å². The van der Waals surface area contributed by atoms with Gasteiger partial charge in [-0.25, -0.2) is 4.79 Å². The van der Waals surface area contributed by atoms with E-state index in [0.717, 1.165) is 0 Å². The Morgan fingerprint density at radius 2 is 1.66 bits per heavy atom. The number of hydrogen-bond acceptors (Lipinski definition) is 10. The lowest BCUT2D eigenvalue weighted by molar-refractivity contribution is -0.329. The van der Waals surface area contributed by atoms with Crippen LogP contribution in [-0.2, 0) is 28.5 Å². The highest BCUT2D eigenvalue weighted by Crippen LogP contribution is 2.33. The molecule has 2 aliphatic heterocycles. The molecule has 0 saturated carbocycles. The number of aliphatic hydroxyl groups excluding tert-OH is 4. The number of aliphatic carboxylic acids is 1. The standard InChI is InChI=1S/C20H35NO11/c1-5-9(6-2)15-11(21-8(3)23)16(12(24)10(7-22)30-15)31-20-14(26)13(25)17(29-4)18(32-20)19(27)28/h9-18,20,22,24-26H,5-7H2,1-4H3,(H,21,23)(H,27,28)/t10?,11-,12-,13?,14+,15?,16?,17+,18?,20-/m1/s1. The fourth-order valence-corrected chi connectivity index (χ4v) is 4.42. The molecule has 2 fully saturated rings. The summed E-state index contributed by atoms with van der Waals surface area (Å²) in [6, 6.07) is -0.897. The summed E-state index contributed by atoms with van der Waals surface area (Å²) >= 11 is 0. The van der Waals surface area contributed by atoms with E-state index in [2.05, 4.69) is 5.32 Å². The maximum absolute atomic E-state index is 11.9. The average Bonchev–Trinajstić information content (AvgIpc) is 2.75. The lowest BCUT2D eigenvalue weighted by Gasteiger charge is -2.49. The van der Waals surface area contributed by atoms with Crippen molar-refractivity contribution in [1.29, 1.82) is 0 Å². The number of carbonyl (C=O) groups excluding carboxylic acids is 1. The van der Waals surface area contributed by atoms with E-state index in [1.807, 2.05) is 13.8 Å². The molecule has 6 N–H and O–H groups in total. The quantitative estimate of drug-likeness (QED) is 0.221. The number of carboxylic acid groups (broad SMARTS) is 1. The van der Waals surface area contributed by atoms with Crippen LogP contribution < -0.4 is 5.32 Å². The van der Waals surface area contributed by atoms with Crippen LogP contribution in [-0.4, -0.2) is 112 Å². The van der Waals surface area contributed by atoms with E-state index in [4.69, 9.17) is 18.9 Å². The molecule has 0 radical (unpaired) electrons. The molecule has 0 aromatic carbocycles. The van der Waals surface area contributed by atoms with E-state index in [9.17, 15) is 35.1 Å². The molecule has 186 valence electrons. The number of amides is 1. The molecule has 2 saturated heterocycles. The first-order valence-corrected chi connectivity index (χ1v) is 10.7. The van der Waals surface area contributed by atoms with Gasteiger partial charge in [0.15, 0.2) is 12.4 Å². The van der Waals surface area contributed by atoms with Crippen LogP contribution in [0, 0.1) is 5.92 Å². The van der Waals surface area contributed by atoms with Gasteiger partial charge in [0.25, 0.3) is 0 Å². The zero-order chi connectivity index (χ0) is 24.2. The SMILES string of the molecule is CCC(CC)C1OC(CO)[C@@H](O)C(O[C@@H]2OC(C(=O)O)[C@@H](OC)C(O)[C@@H]2O)[C@@H]1NC(C)=O. The number of methoxy groups -OCH3 is 1. The van der Waals surface area contributed by atoms with Crippen molar-refractivity contribution >= 4 is 11.9 Å². The number of rotatable bonds is 9. The highest BCUT2D eigenvalue weighted by atomic mass is 16.7. The van der Waals surface area contributed by atoms with E-state index < -0.39 is 79.6 Å². The Hall–Kier alpha value is -1.38. The van der Waals surface area contributed by atoms with E-state index in [1.165, 1.54) is 14.0 Å². The molecular weight excluding hydrogens is 430 g/mol. The van der Waals surface area contributed by atoms with Crippen molar-refractivity contribution in [1.82, 2.24) is 5.32 Å². The van der Waals surface area contributed by atoms with Crippen LogP contribution >= 0.6 is 0 Å². The Bertz CT molecular complexity index is 631. The van der Waals surface area contributed by atoms with Crippen LogP contribution in [0.15, 0.2) is 0 Å². The lowest BCUT2D eigenvalue weighted by Crippen LogP contribution is -2.69. The van der Waals surface area contributed by atoms with Gasteiger partial charge in [-0.15, -0.1) is 0 Å². The molecule has 0 bridgehead atoms. The van der Waals surface area contributed by atoms with Crippen molar-refractivity contribution in [2.75, 3.05) is 13.7 Å². The molecular formula is C20H35NO11. The Kier molecular flexibility index (Phi) is 9.79. The predicted octanol–water partition coefficient (Wildman–Crippen LogP) is -2.02. The summed E-state index contributed by atoms with van der Waals surface area (Å²) in [4.78, 5) is 23.5. The average molecular weight is 465 g/mol. The minimum Gasteiger partial charge on any atom is -0.479 e. The molecule has 0 aliphatic carbocycles. The third kappa shape index (κ3) is 5.57. The summed E-state index contributed by atoms with van der Waals surface area (Å²) in [5, 5.41) is 53.5. The van der Waals surface area contributed by atoms with Crippen LogP contribution in [0.4, 0.5) is 0 Å². The number of nitrogens with one attached hydrogen (secondary N) is 1. The molecule has 0 spiro atoms. The summed E-state index contributed by atoms with van der Waals surface area (Å²) in [5.74, 6) is -1.93. The second kappa shape index (κ2) is 11.7. The van der Waals surface area contributed by atoms with E-state index in [-0.39, 0.29) is 5.92 Å². The number of carbonyl (C=O) groups is 2. The van der Waals surface area contributed by atoms with Crippen LogP contribution in [0.5, 0.6) is 0 Å². The molecule has 1 amide bonds. The fraction of sp³-hybridized carbons (Fsp3) is 0.900. The summed E-state index contributed by atoms with van der Waals surface area (Å²) in [6.45, 7) is 4.61. The van der Waals surface area contributed by atoms with Gasteiger partial charge >= 0.3 is 5.97 Å². The number of hydrogen-bond donors (Lipinski definition) is 6. The molecule has 5 unspecified atom stereocenters. The molecule has 12 nitrogen and oxygen atoms in total. The van der Waals surface area contributed by atoms with Gasteiger partial charge in [0.05, 0.1) is 18.8 Å². The minimum absolute atomic E-state index is 0.0630. The topological polar surface area (TPSA) is 184 Å². The first-order valence-electron chi connectivity index (χ1n) is 10.7. The van der Waals surface area contributed by atoms with Gasteiger partial charge in [-0.2, -0.15) is 0 Å². The Balaban J connectivity index is 2.38. The van der Waals surface area contributed by atoms with Crippen molar-refractivity contribution in [2.45, 2.75) is 94.8 Å². The van der Waals surface area contributed by atoms with E-state index >= 15 is 0 Å². The second-order valence-corrected chi connectivity index (χ2v) is 8.16.